The van der Waals surface area contributed by atoms with Gasteiger partial charge in [0.1, 0.15) is 13.2 Å². The smallest absolute Gasteiger partial charge is 0.162 e. The zero-order valence-electron chi connectivity index (χ0n) is 30.0. The number of hydrogen-bond acceptors (Lipinski definition) is 7. The van der Waals surface area contributed by atoms with Crippen molar-refractivity contribution in [2.75, 3.05) is 20.3 Å². The molecule has 3 aromatic rings. The second kappa shape index (κ2) is 13.8. The fraction of sp³-hybridized carbons (Fsp3) is 0.429. The standard InChI is InChI=1S/C42H49NO6/c1-8-46-36-19-28(15-17-34(36)48-25-27-13-11-10-12-14-27)26-49-35-18-16-29(20-37(35)47-9-2)38-39-30(21-41(3,4)23-32(39)44)43(7)31-22-42(5,6)24-33(45)40(31)38/h10-20,38H,8-9,21-26H2,1-7H3. The van der Waals surface area contributed by atoms with Gasteiger partial charge in [-0.25, -0.2) is 0 Å². The van der Waals surface area contributed by atoms with Crippen LogP contribution in [0.3, 0.4) is 0 Å². The van der Waals surface area contributed by atoms with Crippen LogP contribution < -0.4 is 18.9 Å². The lowest BCUT2D eigenvalue weighted by Gasteiger charge is -2.47. The summed E-state index contributed by atoms with van der Waals surface area (Å²) in [5.74, 6) is 2.32. The van der Waals surface area contributed by atoms with Gasteiger partial charge < -0.3 is 23.8 Å². The number of carbonyl (C=O) groups excluding carboxylic acids is 2. The zero-order valence-corrected chi connectivity index (χ0v) is 30.0. The van der Waals surface area contributed by atoms with Gasteiger partial charge in [0.25, 0.3) is 0 Å². The number of carbonyl (C=O) groups is 2. The number of benzene rings is 3. The third-order valence-electron chi connectivity index (χ3n) is 9.72. The van der Waals surface area contributed by atoms with Gasteiger partial charge in [0, 0.05) is 48.3 Å². The minimum Gasteiger partial charge on any atom is -0.490 e. The highest BCUT2D eigenvalue weighted by Gasteiger charge is 2.48. The lowest BCUT2D eigenvalue weighted by atomic mass is 9.64. The molecule has 3 aromatic carbocycles. The Balaban J connectivity index is 1.30. The summed E-state index contributed by atoms with van der Waals surface area (Å²) >= 11 is 0. The molecule has 7 heteroatoms. The molecule has 3 aliphatic rings. The zero-order chi connectivity index (χ0) is 34.9. The molecule has 0 spiro atoms. The van der Waals surface area contributed by atoms with E-state index in [2.05, 4.69) is 32.6 Å². The highest BCUT2D eigenvalue weighted by Crippen LogP contribution is 2.54. The molecular weight excluding hydrogens is 614 g/mol. The summed E-state index contributed by atoms with van der Waals surface area (Å²) in [6.45, 7) is 14.2. The van der Waals surface area contributed by atoms with Gasteiger partial charge in [0.15, 0.2) is 34.6 Å². The van der Waals surface area contributed by atoms with Gasteiger partial charge in [0.2, 0.25) is 0 Å². The predicted octanol–water partition coefficient (Wildman–Crippen LogP) is 8.96. The van der Waals surface area contributed by atoms with E-state index < -0.39 is 5.92 Å². The maximum absolute atomic E-state index is 13.9. The molecule has 0 amide bonds. The highest BCUT2D eigenvalue weighted by molar-refractivity contribution is 6.06. The molecule has 0 unspecified atom stereocenters. The van der Waals surface area contributed by atoms with Gasteiger partial charge in [-0.2, -0.15) is 0 Å². The van der Waals surface area contributed by atoms with Crippen molar-refractivity contribution in [2.24, 2.45) is 10.8 Å². The van der Waals surface area contributed by atoms with Crippen molar-refractivity contribution in [2.45, 2.75) is 86.4 Å². The number of allylic oxidation sites excluding steroid dienone is 4. The molecule has 7 nitrogen and oxygen atoms in total. The summed E-state index contributed by atoms with van der Waals surface area (Å²) in [5, 5.41) is 0. The van der Waals surface area contributed by atoms with E-state index in [0.29, 0.717) is 62.3 Å². The van der Waals surface area contributed by atoms with Crippen molar-refractivity contribution in [1.29, 1.82) is 0 Å². The van der Waals surface area contributed by atoms with Crippen LogP contribution in [0.5, 0.6) is 23.0 Å². The Morgan fingerprint density at radius 3 is 1.67 bits per heavy atom. The van der Waals surface area contributed by atoms with Crippen LogP contribution in [0.15, 0.2) is 89.3 Å². The largest absolute Gasteiger partial charge is 0.490 e. The third kappa shape index (κ3) is 7.26. The lowest BCUT2D eigenvalue weighted by molar-refractivity contribution is -0.119. The van der Waals surface area contributed by atoms with Crippen molar-refractivity contribution in [1.82, 2.24) is 4.90 Å². The van der Waals surface area contributed by atoms with Gasteiger partial charge in [-0.1, -0.05) is 70.2 Å². The summed E-state index contributed by atoms with van der Waals surface area (Å²) in [4.78, 5) is 30.0. The number of Topliss-reactive ketones (excluding diaryl/α,β-unsaturated/α-hetero) is 2. The summed E-state index contributed by atoms with van der Waals surface area (Å²) in [5.41, 5.74) is 6.16. The first-order valence-corrected chi connectivity index (χ1v) is 17.5. The SMILES string of the molecule is CCOc1cc(COc2ccc(C3C4=C(CC(C)(C)CC4=O)N(C)C4=C3C(=O)CC(C)(C)C4)cc2OCC)ccc1OCc1ccccc1. The van der Waals surface area contributed by atoms with Crippen LogP contribution in [0, 0.1) is 10.8 Å². The molecule has 2 aliphatic carbocycles. The van der Waals surface area contributed by atoms with E-state index in [1.54, 1.807) is 0 Å². The number of ketones is 2. The fourth-order valence-corrected chi connectivity index (χ4v) is 7.52. The molecule has 0 aromatic heterocycles. The van der Waals surface area contributed by atoms with E-state index >= 15 is 0 Å². The minimum absolute atomic E-state index is 0.117. The molecule has 0 atom stereocenters. The molecule has 0 saturated heterocycles. The Kier molecular flexibility index (Phi) is 9.65. The monoisotopic (exact) mass is 663 g/mol. The molecule has 1 heterocycles. The molecular formula is C42H49NO6. The van der Waals surface area contributed by atoms with Gasteiger partial charge in [-0.3, -0.25) is 9.59 Å². The Hall–Kier alpha value is -4.52. The Bertz CT molecular complexity index is 1750. The number of rotatable bonds is 11. The van der Waals surface area contributed by atoms with Crippen LogP contribution in [-0.4, -0.2) is 36.7 Å². The first-order chi connectivity index (χ1) is 23.4. The molecule has 0 saturated carbocycles. The molecule has 6 rings (SSSR count). The average Bonchev–Trinajstić information content (AvgIpc) is 3.04. The second-order valence-corrected chi connectivity index (χ2v) is 15.0. The van der Waals surface area contributed by atoms with Crippen LogP contribution in [-0.2, 0) is 22.8 Å². The van der Waals surface area contributed by atoms with E-state index in [1.807, 2.05) is 87.6 Å². The first-order valence-electron chi connectivity index (χ1n) is 17.5. The van der Waals surface area contributed by atoms with Crippen molar-refractivity contribution >= 4 is 11.6 Å². The number of ether oxygens (including phenoxy) is 4. The van der Waals surface area contributed by atoms with Gasteiger partial charge in [-0.05, 0) is 78.5 Å². The second-order valence-electron chi connectivity index (χ2n) is 15.0. The van der Waals surface area contributed by atoms with Crippen LogP contribution in [0.2, 0.25) is 0 Å². The molecule has 1 aliphatic heterocycles. The first kappa shape index (κ1) is 34.3. The summed E-state index contributed by atoms with van der Waals surface area (Å²) in [6.07, 6.45) is 2.48. The fourth-order valence-electron chi connectivity index (χ4n) is 7.52. The average molecular weight is 664 g/mol. The van der Waals surface area contributed by atoms with Crippen LogP contribution in [0.1, 0.15) is 89.8 Å². The molecule has 49 heavy (non-hydrogen) atoms. The third-order valence-corrected chi connectivity index (χ3v) is 9.72. The Morgan fingerprint density at radius 2 is 1.12 bits per heavy atom. The quantitative estimate of drug-likeness (QED) is 0.203. The maximum atomic E-state index is 13.9. The molecule has 0 N–H and O–H groups in total. The highest BCUT2D eigenvalue weighted by atomic mass is 16.5. The number of nitrogens with zero attached hydrogens (tertiary/aromatic N) is 1. The van der Waals surface area contributed by atoms with Crippen molar-refractivity contribution in [3.8, 4) is 23.0 Å². The van der Waals surface area contributed by atoms with E-state index in [0.717, 1.165) is 52.1 Å². The van der Waals surface area contributed by atoms with Crippen LogP contribution in [0.25, 0.3) is 0 Å². The van der Waals surface area contributed by atoms with E-state index in [4.69, 9.17) is 18.9 Å². The number of hydrogen-bond donors (Lipinski definition) is 0. The normalized spacial score (nSPS) is 18.6. The summed E-state index contributed by atoms with van der Waals surface area (Å²) in [7, 11) is 2.03. The van der Waals surface area contributed by atoms with Crippen molar-refractivity contribution in [3.05, 3.63) is 106 Å². The van der Waals surface area contributed by atoms with Crippen molar-refractivity contribution in [3.63, 3.8) is 0 Å². The maximum Gasteiger partial charge on any atom is 0.162 e. The lowest BCUT2D eigenvalue weighted by Crippen LogP contribution is -2.43. The Labute approximate surface area is 290 Å². The Morgan fingerprint density at radius 1 is 0.612 bits per heavy atom. The molecule has 258 valence electrons. The van der Waals surface area contributed by atoms with E-state index in [1.165, 1.54) is 0 Å². The molecule has 0 bridgehead atoms. The van der Waals surface area contributed by atoms with Gasteiger partial charge in [-0.15, -0.1) is 0 Å². The predicted molar refractivity (Wildman–Crippen MR) is 191 cm³/mol. The van der Waals surface area contributed by atoms with Crippen molar-refractivity contribution < 1.29 is 28.5 Å². The van der Waals surface area contributed by atoms with Gasteiger partial charge in [0.05, 0.1) is 13.2 Å². The minimum atomic E-state index is -0.432. The summed E-state index contributed by atoms with van der Waals surface area (Å²) < 4.78 is 24.5. The topological polar surface area (TPSA) is 74.3 Å². The van der Waals surface area contributed by atoms with E-state index in [9.17, 15) is 9.59 Å². The van der Waals surface area contributed by atoms with E-state index in [-0.39, 0.29) is 22.4 Å². The molecule has 0 radical (unpaired) electrons. The molecule has 0 fully saturated rings. The van der Waals surface area contributed by atoms with Gasteiger partial charge >= 0.3 is 0 Å². The summed E-state index contributed by atoms with van der Waals surface area (Å²) in [6, 6.07) is 21.8. The van der Waals surface area contributed by atoms with Crippen LogP contribution in [0.4, 0.5) is 0 Å². The van der Waals surface area contributed by atoms with Crippen LogP contribution >= 0.6 is 0 Å².